The number of halogens is 1. The first-order chi connectivity index (χ1) is 12.2. The summed E-state index contributed by atoms with van der Waals surface area (Å²) in [5, 5.41) is 3.54. The highest BCUT2D eigenvalue weighted by Crippen LogP contribution is 2.42. The predicted molar refractivity (Wildman–Crippen MR) is 109 cm³/mol. The van der Waals surface area contributed by atoms with E-state index >= 15 is 0 Å². The topological polar surface area (TPSA) is 32.3 Å². The summed E-state index contributed by atoms with van der Waals surface area (Å²) >= 11 is 0. The van der Waals surface area contributed by atoms with Gasteiger partial charge in [-0.05, 0) is 63.1 Å². The molecule has 26 heavy (non-hydrogen) atoms. The molecule has 4 heteroatoms. The van der Waals surface area contributed by atoms with Crippen molar-refractivity contribution in [3.8, 4) is 0 Å². The molecule has 1 saturated carbocycles. The van der Waals surface area contributed by atoms with E-state index in [1.807, 2.05) is 0 Å². The van der Waals surface area contributed by atoms with Gasteiger partial charge >= 0.3 is 0 Å². The Bertz CT molecular complexity index is 612. The quantitative estimate of drug-likeness (QED) is 0.843. The predicted octanol–water partition coefficient (Wildman–Crippen LogP) is 4.08. The molecule has 2 aliphatic heterocycles. The second-order valence-electron chi connectivity index (χ2n) is 8.56. The van der Waals surface area contributed by atoms with Crippen LogP contribution in [0.15, 0.2) is 24.3 Å². The molecule has 0 aromatic heterocycles. The minimum Gasteiger partial charge on any atom is -0.342 e. The molecule has 2 saturated heterocycles. The van der Waals surface area contributed by atoms with Crippen LogP contribution in [0.25, 0.3) is 0 Å². The van der Waals surface area contributed by atoms with Crippen LogP contribution in [0.1, 0.15) is 56.1 Å². The maximum atomic E-state index is 13.8. The SMILES string of the molecule is Cc1cccc(C2(C(=O)N3CC[C@@H]4CNC[C@@H]4CC3)CCCCC2)c1.Cl. The van der Waals surface area contributed by atoms with Crippen LogP contribution in [0.2, 0.25) is 0 Å². The summed E-state index contributed by atoms with van der Waals surface area (Å²) in [7, 11) is 0. The maximum absolute atomic E-state index is 13.8. The molecule has 4 rings (SSSR count). The van der Waals surface area contributed by atoms with Gasteiger partial charge < -0.3 is 10.2 Å². The molecule has 1 aromatic rings. The van der Waals surface area contributed by atoms with Gasteiger partial charge in [-0.1, -0.05) is 49.1 Å². The molecule has 1 aromatic carbocycles. The summed E-state index contributed by atoms with van der Waals surface area (Å²) in [6.45, 7) is 6.35. The lowest BCUT2D eigenvalue weighted by Gasteiger charge is -2.40. The summed E-state index contributed by atoms with van der Waals surface area (Å²) in [5.41, 5.74) is 2.28. The number of aryl methyl sites for hydroxylation is 1. The van der Waals surface area contributed by atoms with Gasteiger partial charge in [-0.25, -0.2) is 0 Å². The third-order valence-electron chi connectivity index (χ3n) is 6.99. The average Bonchev–Trinajstić information content (AvgIpc) is 3.00. The Balaban J connectivity index is 0.00000196. The van der Waals surface area contributed by atoms with Gasteiger partial charge in [-0.15, -0.1) is 12.4 Å². The van der Waals surface area contributed by atoms with E-state index in [0.29, 0.717) is 5.91 Å². The maximum Gasteiger partial charge on any atom is 0.233 e. The lowest BCUT2D eigenvalue weighted by molar-refractivity contribution is -0.139. The van der Waals surface area contributed by atoms with Gasteiger partial charge in [-0.3, -0.25) is 4.79 Å². The number of nitrogens with zero attached hydrogens (tertiary/aromatic N) is 1. The highest BCUT2D eigenvalue weighted by atomic mass is 35.5. The van der Waals surface area contributed by atoms with E-state index in [9.17, 15) is 4.79 Å². The highest BCUT2D eigenvalue weighted by molar-refractivity contribution is 5.88. The van der Waals surface area contributed by atoms with Crippen LogP contribution in [0.5, 0.6) is 0 Å². The van der Waals surface area contributed by atoms with E-state index in [0.717, 1.165) is 50.9 Å². The molecule has 0 radical (unpaired) electrons. The van der Waals surface area contributed by atoms with Crippen LogP contribution in [0, 0.1) is 18.8 Å². The lowest BCUT2D eigenvalue weighted by Crippen LogP contribution is -2.48. The molecular weight excluding hydrogens is 344 g/mol. The van der Waals surface area contributed by atoms with Gasteiger partial charge in [-0.2, -0.15) is 0 Å². The molecule has 2 heterocycles. The molecule has 0 unspecified atom stereocenters. The number of nitrogens with one attached hydrogen (secondary N) is 1. The molecule has 2 atom stereocenters. The van der Waals surface area contributed by atoms with E-state index in [-0.39, 0.29) is 17.8 Å². The molecule has 1 N–H and O–H groups in total. The zero-order chi connectivity index (χ0) is 17.3. The molecule has 3 aliphatic rings. The lowest BCUT2D eigenvalue weighted by atomic mass is 9.68. The third-order valence-corrected chi connectivity index (χ3v) is 6.99. The Labute approximate surface area is 164 Å². The number of benzene rings is 1. The zero-order valence-corrected chi connectivity index (χ0v) is 16.8. The third kappa shape index (κ3) is 3.66. The van der Waals surface area contributed by atoms with Gasteiger partial charge in [0.2, 0.25) is 5.91 Å². The highest BCUT2D eigenvalue weighted by Gasteiger charge is 2.44. The second kappa shape index (κ2) is 8.31. The van der Waals surface area contributed by atoms with Crippen molar-refractivity contribution in [3.63, 3.8) is 0 Å². The average molecular weight is 377 g/mol. The van der Waals surface area contributed by atoms with Gasteiger partial charge in [0.15, 0.2) is 0 Å². The summed E-state index contributed by atoms with van der Waals surface area (Å²) in [6, 6.07) is 8.74. The summed E-state index contributed by atoms with van der Waals surface area (Å²) < 4.78 is 0. The fourth-order valence-corrected chi connectivity index (χ4v) is 5.45. The number of hydrogen-bond donors (Lipinski definition) is 1. The van der Waals surface area contributed by atoms with E-state index in [1.54, 1.807) is 0 Å². The minimum absolute atomic E-state index is 0. The van der Waals surface area contributed by atoms with Crippen LogP contribution < -0.4 is 5.32 Å². The van der Waals surface area contributed by atoms with Crippen molar-refractivity contribution < 1.29 is 4.79 Å². The first kappa shape index (κ1) is 19.7. The Hall–Kier alpha value is -1.06. The second-order valence-corrected chi connectivity index (χ2v) is 8.56. The summed E-state index contributed by atoms with van der Waals surface area (Å²) in [4.78, 5) is 16.0. The van der Waals surface area contributed by atoms with E-state index in [2.05, 4.69) is 41.4 Å². The Morgan fingerprint density at radius 3 is 2.35 bits per heavy atom. The Morgan fingerprint density at radius 1 is 1.08 bits per heavy atom. The molecule has 144 valence electrons. The number of hydrogen-bond acceptors (Lipinski definition) is 2. The normalized spacial score (nSPS) is 28.0. The largest absolute Gasteiger partial charge is 0.342 e. The van der Waals surface area contributed by atoms with Crippen molar-refractivity contribution in [2.24, 2.45) is 11.8 Å². The number of amides is 1. The molecule has 0 spiro atoms. The van der Waals surface area contributed by atoms with Crippen LogP contribution in [0.4, 0.5) is 0 Å². The number of carbonyl (C=O) groups excluding carboxylic acids is 1. The number of fused-ring (bicyclic) bond motifs is 1. The molecule has 1 aliphatic carbocycles. The van der Waals surface area contributed by atoms with Crippen LogP contribution >= 0.6 is 12.4 Å². The monoisotopic (exact) mass is 376 g/mol. The van der Waals surface area contributed by atoms with Gasteiger partial charge in [0.1, 0.15) is 0 Å². The van der Waals surface area contributed by atoms with Crippen molar-refractivity contribution in [3.05, 3.63) is 35.4 Å². The zero-order valence-electron chi connectivity index (χ0n) is 16.0. The standard InChI is InChI=1S/C22H32N2O.ClH/c1-17-6-5-7-20(14-17)22(10-3-2-4-11-22)21(25)24-12-8-18-15-23-16-19(18)9-13-24;/h5-7,14,18-19,23H,2-4,8-13,15-16H2,1H3;1H/t18-,19+;. The van der Waals surface area contributed by atoms with Gasteiger partial charge in [0.05, 0.1) is 5.41 Å². The van der Waals surface area contributed by atoms with Crippen molar-refractivity contribution in [2.45, 2.75) is 57.3 Å². The first-order valence-corrected chi connectivity index (χ1v) is 10.3. The van der Waals surface area contributed by atoms with Gasteiger partial charge in [0, 0.05) is 13.1 Å². The minimum atomic E-state index is -0.262. The number of likely N-dealkylation sites (tertiary alicyclic amines) is 1. The van der Waals surface area contributed by atoms with E-state index in [4.69, 9.17) is 0 Å². The smallest absolute Gasteiger partial charge is 0.233 e. The fourth-order valence-electron chi connectivity index (χ4n) is 5.45. The number of carbonyl (C=O) groups is 1. The van der Waals surface area contributed by atoms with E-state index < -0.39 is 0 Å². The molecule has 1 amide bonds. The molecule has 3 nitrogen and oxygen atoms in total. The number of rotatable bonds is 2. The molecule has 3 fully saturated rings. The van der Waals surface area contributed by atoms with Crippen molar-refractivity contribution in [2.75, 3.05) is 26.2 Å². The Morgan fingerprint density at radius 2 is 1.73 bits per heavy atom. The van der Waals surface area contributed by atoms with Crippen LogP contribution in [0.3, 0.4) is 0 Å². The van der Waals surface area contributed by atoms with Crippen molar-refractivity contribution in [1.29, 1.82) is 0 Å². The van der Waals surface area contributed by atoms with E-state index in [1.165, 1.54) is 43.2 Å². The van der Waals surface area contributed by atoms with Crippen molar-refractivity contribution >= 4 is 18.3 Å². The fraction of sp³-hybridized carbons (Fsp3) is 0.682. The summed E-state index contributed by atoms with van der Waals surface area (Å²) in [6.07, 6.45) is 8.04. The van der Waals surface area contributed by atoms with Crippen molar-refractivity contribution in [1.82, 2.24) is 10.2 Å². The van der Waals surface area contributed by atoms with Crippen LogP contribution in [-0.2, 0) is 10.2 Å². The Kier molecular flexibility index (Phi) is 6.29. The molecule has 0 bridgehead atoms. The summed E-state index contributed by atoms with van der Waals surface area (Å²) in [5.74, 6) is 1.98. The first-order valence-electron chi connectivity index (χ1n) is 10.3. The van der Waals surface area contributed by atoms with Gasteiger partial charge in [0.25, 0.3) is 0 Å². The molecular formula is C22H33ClN2O. The van der Waals surface area contributed by atoms with Crippen LogP contribution in [-0.4, -0.2) is 37.0 Å².